The third-order valence-electron chi connectivity index (χ3n) is 4.70. The molecule has 1 aliphatic carbocycles. The van der Waals surface area contributed by atoms with E-state index in [9.17, 15) is 9.59 Å². The summed E-state index contributed by atoms with van der Waals surface area (Å²) in [5.41, 5.74) is 1.33. The zero-order valence-corrected chi connectivity index (χ0v) is 15.1. The predicted molar refractivity (Wildman–Crippen MR) is 97.5 cm³/mol. The fraction of sp³-hybridized carbons (Fsp3) is 0.412. The van der Waals surface area contributed by atoms with Gasteiger partial charge in [0.05, 0.1) is 6.42 Å². The number of carbonyl (C=O) groups is 1. The zero-order valence-electron chi connectivity index (χ0n) is 15.1. The van der Waals surface area contributed by atoms with Crippen LogP contribution in [0.5, 0.6) is 0 Å². The maximum atomic E-state index is 12.3. The minimum atomic E-state index is -0.246. The molecular formula is C17H20N8O2. The number of amides is 1. The molecule has 3 aromatic heterocycles. The molecule has 27 heavy (non-hydrogen) atoms. The van der Waals surface area contributed by atoms with Gasteiger partial charge in [-0.15, -0.1) is 0 Å². The largest absolute Gasteiger partial charge is 0.373 e. The normalized spacial score (nSPS) is 18.9. The van der Waals surface area contributed by atoms with Gasteiger partial charge in [0.2, 0.25) is 5.91 Å². The van der Waals surface area contributed by atoms with E-state index in [1.807, 2.05) is 13.1 Å². The molecule has 3 aromatic rings. The van der Waals surface area contributed by atoms with Crippen molar-refractivity contribution in [3.8, 4) is 0 Å². The summed E-state index contributed by atoms with van der Waals surface area (Å²) < 4.78 is 1.24. The first-order valence-corrected chi connectivity index (χ1v) is 8.76. The van der Waals surface area contributed by atoms with E-state index in [1.165, 1.54) is 10.6 Å². The van der Waals surface area contributed by atoms with Crippen LogP contribution in [0, 0.1) is 6.92 Å². The molecule has 0 saturated heterocycles. The second-order valence-corrected chi connectivity index (χ2v) is 6.73. The molecule has 3 N–H and O–H groups in total. The molecule has 0 aromatic carbocycles. The zero-order chi connectivity index (χ0) is 19.0. The Bertz CT molecular complexity index is 1050. The Labute approximate surface area is 154 Å². The van der Waals surface area contributed by atoms with E-state index in [4.69, 9.17) is 0 Å². The van der Waals surface area contributed by atoms with Gasteiger partial charge >= 0.3 is 0 Å². The van der Waals surface area contributed by atoms with Gasteiger partial charge in [-0.1, -0.05) is 0 Å². The topological polar surface area (TPSA) is 130 Å². The van der Waals surface area contributed by atoms with Gasteiger partial charge in [-0.05, 0) is 19.8 Å². The van der Waals surface area contributed by atoms with Gasteiger partial charge in [0.25, 0.3) is 11.3 Å². The van der Waals surface area contributed by atoms with E-state index in [-0.39, 0.29) is 29.7 Å². The molecule has 4 rings (SSSR count). The van der Waals surface area contributed by atoms with Crippen molar-refractivity contribution in [2.75, 3.05) is 12.4 Å². The van der Waals surface area contributed by atoms with Crippen LogP contribution in [0.1, 0.15) is 36.0 Å². The van der Waals surface area contributed by atoms with Crippen LogP contribution in [0.4, 0.5) is 5.82 Å². The van der Waals surface area contributed by atoms with Crippen molar-refractivity contribution in [3.63, 3.8) is 0 Å². The van der Waals surface area contributed by atoms with Crippen LogP contribution in [0.3, 0.4) is 0 Å². The highest BCUT2D eigenvalue weighted by Gasteiger charge is 2.32. The summed E-state index contributed by atoms with van der Waals surface area (Å²) in [6, 6.07) is 3.46. The van der Waals surface area contributed by atoms with Crippen LogP contribution in [0.15, 0.2) is 23.3 Å². The maximum Gasteiger partial charge on any atom is 0.274 e. The van der Waals surface area contributed by atoms with Crippen molar-refractivity contribution in [2.24, 2.45) is 0 Å². The molecule has 0 unspecified atom stereocenters. The number of aromatic nitrogens is 6. The van der Waals surface area contributed by atoms with Gasteiger partial charge < -0.3 is 10.6 Å². The molecule has 140 valence electrons. The van der Waals surface area contributed by atoms with Crippen LogP contribution in [-0.4, -0.2) is 48.5 Å². The Morgan fingerprint density at radius 3 is 2.89 bits per heavy atom. The van der Waals surface area contributed by atoms with Gasteiger partial charge in [-0.2, -0.15) is 9.50 Å². The van der Waals surface area contributed by atoms with Gasteiger partial charge in [-0.25, -0.2) is 15.0 Å². The number of aromatic amines is 1. The molecule has 0 bridgehead atoms. The number of aryl methyl sites for hydroxylation is 1. The summed E-state index contributed by atoms with van der Waals surface area (Å²) >= 11 is 0. The lowest BCUT2D eigenvalue weighted by molar-refractivity contribution is -0.121. The van der Waals surface area contributed by atoms with Gasteiger partial charge in [-0.3, -0.25) is 14.7 Å². The summed E-state index contributed by atoms with van der Waals surface area (Å²) in [5.74, 6) is 1.66. The first kappa shape index (κ1) is 17.1. The van der Waals surface area contributed by atoms with Crippen molar-refractivity contribution in [1.82, 2.24) is 34.9 Å². The molecule has 0 spiro atoms. The van der Waals surface area contributed by atoms with Crippen LogP contribution >= 0.6 is 0 Å². The minimum absolute atomic E-state index is 0.0699. The molecule has 0 atom stereocenters. The highest BCUT2D eigenvalue weighted by molar-refractivity contribution is 5.78. The Kier molecular flexibility index (Phi) is 4.30. The lowest BCUT2D eigenvalue weighted by Gasteiger charge is -2.35. The number of H-pyrrole nitrogens is 1. The molecule has 10 nitrogen and oxygen atoms in total. The second kappa shape index (κ2) is 6.78. The summed E-state index contributed by atoms with van der Waals surface area (Å²) in [5, 5.41) is 8.82. The molecule has 1 amide bonds. The minimum Gasteiger partial charge on any atom is -0.373 e. The molecular weight excluding hydrogens is 348 g/mol. The average molecular weight is 368 g/mol. The lowest BCUT2D eigenvalue weighted by Crippen LogP contribution is -2.44. The second-order valence-electron chi connectivity index (χ2n) is 6.73. The van der Waals surface area contributed by atoms with Crippen molar-refractivity contribution < 1.29 is 4.79 Å². The van der Waals surface area contributed by atoms with Crippen molar-refractivity contribution in [3.05, 3.63) is 46.0 Å². The fourth-order valence-electron chi connectivity index (χ4n) is 3.26. The maximum absolute atomic E-state index is 12.3. The Morgan fingerprint density at radius 1 is 1.30 bits per heavy atom. The van der Waals surface area contributed by atoms with Gasteiger partial charge in [0.1, 0.15) is 18.0 Å². The van der Waals surface area contributed by atoms with E-state index in [0.29, 0.717) is 17.4 Å². The third-order valence-corrected chi connectivity index (χ3v) is 4.70. The molecule has 1 aliphatic rings. The first-order valence-electron chi connectivity index (χ1n) is 8.76. The molecule has 0 radical (unpaired) electrons. The number of hydrogen-bond acceptors (Lipinski definition) is 7. The number of nitrogens with one attached hydrogen (secondary N) is 3. The Hall–Kier alpha value is -3.30. The van der Waals surface area contributed by atoms with E-state index in [2.05, 4.69) is 35.7 Å². The number of hydrogen-bond donors (Lipinski definition) is 3. The molecule has 0 aliphatic heterocycles. The number of nitrogens with zero attached hydrogens (tertiary/aromatic N) is 5. The summed E-state index contributed by atoms with van der Waals surface area (Å²) in [6.07, 6.45) is 3.30. The smallest absolute Gasteiger partial charge is 0.274 e. The van der Waals surface area contributed by atoms with Crippen molar-refractivity contribution >= 4 is 17.5 Å². The Balaban J connectivity index is 1.34. The van der Waals surface area contributed by atoms with E-state index < -0.39 is 0 Å². The predicted octanol–water partition coefficient (Wildman–Crippen LogP) is 0.163. The molecule has 3 heterocycles. The van der Waals surface area contributed by atoms with Crippen molar-refractivity contribution in [1.29, 1.82) is 0 Å². The fourth-order valence-corrected chi connectivity index (χ4v) is 3.26. The monoisotopic (exact) mass is 368 g/mol. The average Bonchev–Trinajstić information content (AvgIpc) is 3.00. The summed E-state index contributed by atoms with van der Waals surface area (Å²) in [4.78, 5) is 41.0. The third kappa shape index (κ3) is 3.50. The number of fused-ring (bicyclic) bond motifs is 1. The molecule has 10 heteroatoms. The van der Waals surface area contributed by atoms with Crippen molar-refractivity contribution in [2.45, 2.75) is 38.1 Å². The van der Waals surface area contributed by atoms with Gasteiger partial charge in [0, 0.05) is 42.5 Å². The van der Waals surface area contributed by atoms with Gasteiger partial charge in [0.15, 0.2) is 0 Å². The number of anilines is 1. The Morgan fingerprint density at radius 2 is 2.11 bits per heavy atom. The van der Waals surface area contributed by atoms with Crippen LogP contribution < -0.4 is 16.2 Å². The molecule has 1 saturated carbocycles. The van der Waals surface area contributed by atoms with E-state index >= 15 is 0 Å². The molecule has 1 fully saturated rings. The number of carbonyl (C=O) groups excluding carboxylic acids is 1. The quantitative estimate of drug-likeness (QED) is 0.585. The van der Waals surface area contributed by atoms with Crippen LogP contribution in [0.2, 0.25) is 0 Å². The van der Waals surface area contributed by atoms with E-state index in [1.54, 1.807) is 13.3 Å². The summed E-state index contributed by atoms with van der Waals surface area (Å²) in [6.45, 7) is 1.73. The van der Waals surface area contributed by atoms with Crippen LogP contribution in [-0.2, 0) is 11.2 Å². The lowest BCUT2D eigenvalue weighted by atomic mass is 9.78. The van der Waals surface area contributed by atoms with E-state index in [0.717, 1.165) is 24.4 Å². The first-order chi connectivity index (χ1) is 13.0. The number of rotatable bonds is 5. The standard InChI is InChI=1S/C17H20N8O2/c1-9-3-16(27)25-17(21-9)23-14(24-25)7-15(26)22-11-4-10(5-11)12-6-13(18-2)20-8-19-12/h3,6,8,10-11H,4-5,7H2,1-2H3,(H,22,26)(H,18,19,20)(H,21,23,24). The highest BCUT2D eigenvalue weighted by Crippen LogP contribution is 2.36. The summed E-state index contributed by atoms with van der Waals surface area (Å²) in [7, 11) is 1.82. The SMILES string of the molecule is CNc1cc(C2CC(NC(=O)Cc3nc4nc(C)cc(=O)n4[nH]3)C2)ncn1. The van der Waals surface area contributed by atoms with Crippen LogP contribution in [0.25, 0.3) is 5.78 Å². The highest BCUT2D eigenvalue weighted by atomic mass is 16.2.